The Balaban J connectivity index is 3.96. The van der Waals surface area contributed by atoms with E-state index in [-0.39, 0.29) is 0 Å². The fraction of sp³-hybridized carbons (Fsp3) is 0.875. The topological polar surface area (TPSA) is 35.5 Å². The Kier molecular flexibility index (Phi) is 8.16. The SMILES string of the molecule is CCOP(=O)(OCC)SCCC(C)=S. The maximum atomic E-state index is 11.9. The summed E-state index contributed by atoms with van der Waals surface area (Å²) in [5.41, 5.74) is 0. The molecule has 6 heteroatoms. The van der Waals surface area contributed by atoms with Crippen molar-refractivity contribution in [3.8, 4) is 0 Å². The molecule has 0 aromatic heterocycles. The van der Waals surface area contributed by atoms with Crippen molar-refractivity contribution in [2.24, 2.45) is 0 Å². The highest BCUT2D eigenvalue weighted by Crippen LogP contribution is 2.60. The lowest BCUT2D eigenvalue weighted by Gasteiger charge is -2.15. The van der Waals surface area contributed by atoms with Gasteiger partial charge in [-0.3, -0.25) is 0 Å². The zero-order valence-electron chi connectivity index (χ0n) is 8.82. The summed E-state index contributed by atoms with van der Waals surface area (Å²) >= 11 is 6.15. The average Bonchev–Trinajstić information content (AvgIpc) is 2.03. The van der Waals surface area contributed by atoms with Crippen LogP contribution >= 0.6 is 30.4 Å². The summed E-state index contributed by atoms with van der Waals surface area (Å²) in [7, 11) is 0. The molecule has 0 saturated heterocycles. The third kappa shape index (κ3) is 6.96. The Morgan fingerprint density at radius 2 is 1.86 bits per heavy atom. The fourth-order valence-electron chi connectivity index (χ4n) is 0.729. The van der Waals surface area contributed by atoms with E-state index in [1.165, 1.54) is 11.4 Å². The second-order valence-electron chi connectivity index (χ2n) is 2.57. The molecule has 0 unspecified atom stereocenters. The van der Waals surface area contributed by atoms with Crippen LogP contribution in [0.2, 0.25) is 0 Å². The average molecular weight is 256 g/mol. The summed E-state index contributed by atoms with van der Waals surface area (Å²) in [5, 5.41) is 0. The summed E-state index contributed by atoms with van der Waals surface area (Å²) in [6.07, 6.45) is 0.768. The van der Waals surface area contributed by atoms with Crippen molar-refractivity contribution in [2.45, 2.75) is 27.2 Å². The summed E-state index contributed by atoms with van der Waals surface area (Å²) in [4.78, 5) is 0.914. The molecule has 0 fully saturated rings. The molecule has 0 bridgehead atoms. The van der Waals surface area contributed by atoms with Crippen molar-refractivity contribution in [2.75, 3.05) is 19.0 Å². The summed E-state index contributed by atoms with van der Waals surface area (Å²) < 4.78 is 22.1. The number of hydrogen-bond acceptors (Lipinski definition) is 5. The van der Waals surface area contributed by atoms with Gasteiger partial charge in [0.15, 0.2) is 0 Å². The molecule has 0 aliphatic rings. The van der Waals surface area contributed by atoms with Crippen LogP contribution in [0.25, 0.3) is 0 Å². The highest BCUT2D eigenvalue weighted by molar-refractivity contribution is 8.55. The van der Waals surface area contributed by atoms with E-state index < -0.39 is 6.80 Å². The van der Waals surface area contributed by atoms with Crippen LogP contribution < -0.4 is 0 Å². The van der Waals surface area contributed by atoms with Gasteiger partial charge in [0, 0.05) is 5.75 Å². The van der Waals surface area contributed by atoms with Crippen LogP contribution in [0, 0.1) is 0 Å². The minimum absolute atomic E-state index is 0.404. The van der Waals surface area contributed by atoms with E-state index in [4.69, 9.17) is 21.3 Å². The van der Waals surface area contributed by atoms with Gasteiger partial charge in [0.05, 0.1) is 13.2 Å². The van der Waals surface area contributed by atoms with Crippen molar-refractivity contribution in [3.05, 3.63) is 0 Å². The van der Waals surface area contributed by atoms with Gasteiger partial charge in [-0.1, -0.05) is 12.2 Å². The molecule has 0 heterocycles. The minimum Gasteiger partial charge on any atom is -0.301 e. The van der Waals surface area contributed by atoms with Gasteiger partial charge >= 0.3 is 6.80 Å². The Hall–Kier alpha value is 0.590. The number of thiocarbonyl (C=S) groups is 1. The predicted octanol–water partition coefficient (Wildman–Crippen LogP) is 3.68. The van der Waals surface area contributed by atoms with Crippen LogP contribution in [-0.4, -0.2) is 23.8 Å². The second-order valence-corrected chi connectivity index (χ2v) is 7.46. The van der Waals surface area contributed by atoms with Crippen LogP contribution in [0.4, 0.5) is 0 Å². The Labute approximate surface area is 95.2 Å². The molecule has 0 atom stereocenters. The van der Waals surface area contributed by atoms with Gasteiger partial charge in [0.25, 0.3) is 0 Å². The summed E-state index contributed by atoms with van der Waals surface area (Å²) in [6, 6.07) is 0. The molecule has 0 rings (SSSR count). The van der Waals surface area contributed by atoms with E-state index in [1.807, 2.05) is 6.92 Å². The van der Waals surface area contributed by atoms with E-state index in [0.29, 0.717) is 19.0 Å². The molecule has 84 valence electrons. The summed E-state index contributed by atoms with van der Waals surface area (Å²) in [5.74, 6) is 0.687. The van der Waals surface area contributed by atoms with Crippen LogP contribution in [0.15, 0.2) is 0 Å². The molecule has 0 spiro atoms. The molecular formula is C8H17O3PS2. The first-order valence-corrected chi connectivity index (χ1v) is 8.11. The lowest BCUT2D eigenvalue weighted by molar-refractivity contribution is 0.237. The first kappa shape index (κ1) is 14.6. The first-order valence-electron chi connectivity index (χ1n) is 4.57. The van der Waals surface area contributed by atoms with Crippen molar-refractivity contribution in [1.82, 2.24) is 0 Å². The van der Waals surface area contributed by atoms with E-state index >= 15 is 0 Å². The summed E-state index contributed by atoms with van der Waals surface area (Å²) in [6.45, 7) is 3.37. The molecule has 0 aliphatic heterocycles. The molecule has 3 nitrogen and oxygen atoms in total. The lowest BCUT2D eigenvalue weighted by Crippen LogP contribution is -1.95. The van der Waals surface area contributed by atoms with Crippen molar-refractivity contribution in [1.29, 1.82) is 0 Å². The lowest BCUT2D eigenvalue weighted by atomic mass is 10.4. The van der Waals surface area contributed by atoms with Gasteiger partial charge in [0.2, 0.25) is 0 Å². The van der Waals surface area contributed by atoms with Crippen molar-refractivity contribution < 1.29 is 13.6 Å². The van der Waals surface area contributed by atoms with Gasteiger partial charge in [0.1, 0.15) is 0 Å². The standard InChI is InChI=1S/C8H17O3PS2/c1-4-10-12(9,11-5-2)14-7-6-8(3)13/h4-7H2,1-3H3. The van der Waals surface area contributed by atoms with E-state index in [1.54, 1.807) is 13.8 Å². The van der Waals surface area contributed by atoms with Gasteiger partial charge in [-0.25, -0.2) is 4.57 Å². The van der Waals surface area contributed by atoms with E-state index in [0.717, 1.165) is 11.3 Å². The molecule has 0 aromatic carbocycles. The molecule has 0 aliphatic carbocycles. The first-order chi connectivity index (χ1) is 6.54. The fourth-order valence-corrected chi connectivity index (χ4v) is 4.46. The molecule has 0 radical (unpaired) electrons. The third-order valence-corrected chi connectivity index (χ3v) is 5.46. The van der Waals surface area contributed by atoms with Crippen molar-refractivity contribution in [3.63, 3.8) is 0 Å². The molecule has 0 saturated carbocycles. The third-order valence-electron chi connectivity index (χ3n) is 1.28. The van der Waals surface area contributed by atoms with Crippen LogP contribution in [0.5, 0.6) is 0 Å². The predicted molar refractivity (Wildman–Crippen MR) is 66.2 cm³/mol. The molecular weight excluding hydrogens is 239 g/mol. The Morgan fingerprint density at radius 1 is 1.36 bits per heavy atom. The largest absolute Gasteiger partial charge is 0.389 e. The van der Waals surface area contributed by atoms with Gasteiger partial charge < -0.3 is 9.05 Å². The highest BCUT2D eigenvalue weighted by Gasteiger charge is 2.23. The van der Waals surface area contributed by atoms with Gasteiger partial charge in [-0.15, -0.1) is 0 Å². The molecule has 0 aromatic rings. The second kappa shape index (κ2) is 7.83. The maximum absolute atomic E-state index is 11.9. The molecule has 14 heavy (non-hydrogen) atoms. The quantitative estimate of drug-likeness (QED) is 0.489. The van der Waals surface area contributed by atoms with E-state index in [9.17, 15) is 4.57 Å². The number of rotatable bonds is 8. The van der Waals surface area contributed by atoms with Gasteiger partial charge in [-0.2, -0.15) is 0 Å². The highest BCUT2D eigenvalue weighted by atomic mass is 32.7. The molecule has 0 amide bonds. The van der Waals surface area contributed by atoms with Crippen LogP contribution in [0.1, 0.15) is 27.2 Å². The number of hydrogen-bond donors (Lipinski definition) is 0. The molecule has 0 N–H and O–H groups in total. The van der Waals surface area contributed by atoms with E-state index in [2.05, 4.69) is 0 Å². The van der Waals surface area contributed by atoms with Crippen molar-refractivity contribution >= 4 is 35.3 Å². The normalized spacial score (nSPS) is 11.6. The zero-order chi connectivity index (χ0) is 11.0. The zero-order valence-corrected chi connectivity index (χ0v) is 11.3. The minimum atomic E-state index is -2.92. The van der Waals surface area contributed by atoms with Crippen LogP contribution in [0.3, 0.4) is 0 Å². The Morgan fingerprint density at radius 3 is 2.21 bits per heavy atom. The van der Waals surface area contributed by atoms with Crippen LogP contribution in [-0.2, 0) is 13.6 Å². The monoisotopic (exact) mass is 256 g/mol. The van der Waals surface area contributed by atoms with Gasteiger partial charge in [-0.05, 0) is 43.4 Å². The smallest absolute Gasteiger partial charge is 0.301 e. The Bertz CT molecular complexity index is 211. The maximum Gasteiger partial charge on any atom is 0.389 e.